The largest absolute Gasteiger partial charge is 0.416 e. The Morgan fingerprint density at radius 3 is 2.32 bits per heavy atom. The molecule has 0 aliphatic rings. The van der Waals surface area contributed by atoms with Gasteiger partial charge in [0.2, 0.25) is 0 Å². The first kappa shape index (κ1) is 20.4. The van der Waals surface area contributed by atoms with Gasteiger partial charge in [0.15, 0.2) is 5.78 Å². The monoisotopic (exact) mass is 421 g/mol. The second-order valence-corrected chi connectivity index (χ2v) is 6.97. The van der Waals surface area contributed by atoms with Gasteiger partial charge in [-0.05, 0) is 23.8 Å². The number of halogens is 3. The van der Waals surface area contributed by atoms with Crippen LogP contribution in [0.5, 0.6) is 0 Å². The fourth-order valence-electron chi connectivity index (χ4n) is 3.44. The number of nitrogens with one attached hydrogen (secondary N) is 2. The van der Waals surface area contributed by atoms with E-state index in [-0.39, 0.29) is 11.3 Å². The molecular formula is C24H18F3N3O. The van der Waals surface area contributed by atoms with Gasteiger partial charge in [-0.1, -0.05) is 60.7 Å². The molecule has 0 saturated heterocycles. The maximum atomic E-state index is 13.7. The summed E-state index contributed by atoms with van der Waals surface area (Å²) in [6.07, 6.45) is -1.49. The Morgan fingerprint density at radius 1 is 0.903 bits per heavy atom. The molecule has 0 radical (unpaired) electrons. The lowest BCUT2D eigenvalue weighted by molar-refractivity contribution is -0.138. The predicted molar refractivity (Wildman–Crippen MR) is 112 cm³/mol. The highest BCUT2D eigenvalue weighted by atomic mass is 19.4. The number of aromatic amines is 1. The molecule has 0 fully saturated rings. The van der Waals surface area contributed by atoms with E-state index >= 15 is 0 Å². The summed E-state index contributed by atoms with van der Waals surface area (Å²) in [5.41, 5.74) is 1.36. The van der Waals surface area contributed by atoms with Crippen LogP contribution in [0, 0.1) is 0 Å². The van der Waals surface area contributed by atoms with E-state index in [9.17, 15) is 18.0 Å². The number of hydrogen-bond acceptors (Lipinski definition) is 3. The second-order valence-electron chi connectivity index (χ2n) is 6.97. The SMILES string of the molecule is O=C(c1ccccc1)c1cccc(NC(c2cn[nH]c2)c2ccccc2C(F)(F)F)c1. The van der Waals surface area contributed by atoms with Crippen molar-refractivity contribution in [3.8, 4) is 0 Å². The summed E-state index contributed by atoms with van der Waals surface area (Å²) in [6.45, 7) is 0. The molecular weight excluding hydrogens is 403 g/mol. The fraction of sp³-hybridized carbons (Fsp3) is 0.0833. The molecule has 0 aliphatic heterocycles. The molecule has 0 saturated carbocycles. The van der Waals surface area contributed by atoms with Crippen LogP contribution in [0.25, 0.3) is 0 Å². The zero-order chi connectivity index (χ0) is 21.8. The normalized spacial score (nSPS) is 12.4. The molecule has 0 spiro atoms. The number of H-pyrrole nitrogens is 1. The molecule has 1 atom stereocenters. The van der Waals surface area contributed by atoms with E-state index in [0.717, 1.165) is 6.07 Å². The van der Waals surface area contributed by atoms with E-state index in [1.54, 1.807) is 60.8 Å². The number of carbonyl (C=O) groups is 1. The zero-order valence-corrected chi connectivity index (χ0v) is 16.2. The van der Waals surface area contributed by atoms with Gasteiger partial charge in [-0.15, -0.1) is 0 Å². The first-order valence-corrected chi connectivity index (χ1v) is 9.54. The standard InChI is InChI=1S/C24H18F3N3O/c25-24(26,27)21-12-5-4-11-20(21)22(18-14-28-29-15-18)30-19-10-6-9-17(13-19)23(31)16-7-2-1-3-8-16/h1-15,22,30H,(H,28,29). The number of aromatic nitrogens is 2. The van der Waals surface area contributed by atoms with Crippen molar-refractivity contribution in [3.63, 3.8) is 0 Å². The molecule has 31 heavy (non-hydrogen) atoms. The van der Waals surface area contributed by atoms with E-state index in [1.165, 1.54) is 18.3 Å². The number of ketones is 1. The minimum absolute atomic E-state index is 0.0659. The third-order valence-electron chi connectivity index (χ3n) is 4.90. The van der Waals surface area contributed by atoms with Crippen LogP contribution >= 0.6 is 0 Å². The van der Waals surface area contributed by atoms with E-state index in [0.29, 0.717) is 22.4 Å². The summed E-state index contributed by atoms with van der Waals surface area (Å²) >= 11 is 0. The zero-order valence-electron chi connectivity index (χ0n) is 16.2. The van der Waals surface area contributed by atoms with Crippen molar-refractivity contribution in [2.75, 3.05) is 5.32 Å². The Bertz CT molecular complexity index is 1170. The van der Waals surface area contributed by atoms with Crippen LogP contribution in [0.4, 0.5) is 18.9 Å². The highest BCUT2D eigenvalue weighted by Crippen LogP contribution is 2.37. The number of benzene rings is 3. The van der Waals surface area contributed by atoms with Gasteiger partial charge in [0.05, 0.1) is 17.8 Å². The fourth-order valence-corrected chi connectivity index (χ4v) is 3.44. The molecule has 1 heterocycles. The Labute approximate surface area is 176 Å². The van der Waals surface area contributed by atoms with Crippen molar-refractivity contribution < 1.29 is 18.0 Å². The minimum atomic E-state index is -4.51. The first-order valence-electron chi connectivity index (χ1n) is 9.54. The summed E-state index contributed by atoms with van der Waals surface area (Å²) in [5, 5.41) is 9.68. The smallest absolute Gasteiger partial charge is 0.374 e. The molecule has 4 nitrogen and oxygen atoms in total. The van der Waals surface area contributed by atoms with Gasteiger partial charge in [0, 0.05) is 28.6 Å². The summed E-state index contributed by atoms with van der Waals surface area (Å²) in [4.78, 5) is 12.8. The van der Waals surface area contributed by atoms with E-state index < -0.39 is 17.8 Å². The lowest BCUT2D eigenvalue weighted by Crippen LogP contribution is -2.18. The van der Waals surface area contributed by atoms with Crippen LogP contribution in [-0.2, 0) is 6.18 Å². The number of nitrogens with zero attached hydrogens (tertiary/aromatic N) is 1. The molecule has 156 valence electrons. The highest BCUT2D eigenvalue weighted by molar-refractivity contribution is 6.09. The molecule has 4 aromatic rings. The number of anilines is 1. The van der Waals surface area contributed by atoms with Crippen molar-refractivity contribution in [1.82, 2.24) is 10.2 Å². The molecule has 4 rings (SSSR count). The van der Waals surface area contributed by atoms with E-state index in [4.69, 9.17) is 0 Å². The maximum absolute atomic E-state index is 13.7. The third-order valence-corrected chi connectivity index (χ3v) is 4.90. The van der Waals surface area contributed by atoms with Crippen LogP contribution in [0.15, 0.2) is 91.3 Å². The lowest BCUT2D eigenvalue weighted by atomic mass is 9.95. The molecule has 2 N–H and O–H groups in total. The summed E-state index contributed by atoms with van der Waals surface area (Å²) < 4.78 is 41.0. The van der Waals surface area contributed by atoms with Crippen molar-refractivity contribution in [1.29, 1.82) is 0 Å². The molecule has 0 amide bonds. The van der Waals surface area contributed by atoms with Gasteiger partial charge in [0.25, 0.3) is 0 Å². The number of hydrogen-bond donors (Lipinski definition) is 2. The van der Waals surface area contributed by atoms with Gasteiger partial charge in [0.1, 0.15) is 0 Å². The van der Waals surface area contributed by atoms with Gasteiger partial charge < -0.3 is 5.32 Å². The lowest BCUT2D eigenvalue weighted by Gasteiger charge is -2.23. The molecule has 0 aliphatic carbocycles. The summed E-state index contributed by atoms with van der Waals surface area (Å²) in [6, 6.07) is 20.1. The predicted octanol–water partition coefficient (Wildman–Crippen LogP) is 5.86. The maximum Gasteiger partial charge on any atom is 0.416 e. The van der Waals surface area contributed by atoms with E-state index in [2.05, 4.69) is 15.5 Å². The Kier molecular flexibility index (Phi) is 5.58. The van der Waals surface area contributed by atoms with Crippen molar-refractivity contribution >= 4 is 11.5 Å². The van der Waals surface area contributed by atoms with Gasteiger partial charge in [-0.3, -0.25) is 9.89 Å². The van der Waals surface area contributed by atoms with Crippen LogP contribution < -0.4 is 5.32 Å². The van der Waals surface area contributed by atoms with Gasteiger partial charge >= 0.3 is 6.18 Å². The average molecular weight is 421 g/mol. The number of rotatable bonds is 6. The quantitative estimate of drug-likeness (QED) is 0.383. The third kappa shape index (κ3) is 4.50. The van der Waals surface area contributed by atoms with Crippen molar-refractivity contribution in [2.45, 2.75) is 12.2 Å². The van der Waals surface area contributed by atoms with Crippen molar-refractivity contribution in [2.24, 2.45) is 0 Å². The van der Waals surface area contributed by atoms with Crippen LogP contribution in [0.1, 0.15) is 38.7 Å². The second kappa shape index (κ2) is 8.47. The summed E-state index contributed by atoms with van der Waals surface area (Å²) in [7, 11) is 0. The minimum Gasteiger partial charge on any atom is -0.374 e. The van der Waals surface area contributed by atoms with Gasteiger partial charge in [-0.25, -0.2) is 0 Å². The highest BCUT2D eigenvalue weighted by Gasteiger charge is 2.35. The molecule has 7 heteroatoms. The van der Waals surface area contributed by atoms with E-state index in [1.807, 2.05) is 6.07 Å². The Morgan fingerprint density at radius 2 is 1.61 bits per heavy atom. The molecule has 1 unspecified atom stereocenters. The number of alkyl halides is 3. The summed E-state index contributed by atoms with van der Waals surface area (Å²) in [5.74, 6) is -0.167. The van der Waals surface area contributed by atoms with Crippen molar-refractivity contribution in [3.05, 3.63) is 119 Å². The average Bonchev–Trinajstić information content (AvgIpc) is 3.32. The Balaban J connectivity index is 1.71. The van der Waals surface area contributed by atoms with Crippen LogP contribution in [0.3, 0.4) is 0 Å². The molecule has 1 aromatic heterocycles. The number of carbonyl (C=O) groups excluding carboxylic acids is 1. The van der Waals surface area contributed by atoms with Crippen LogP contribution in [-0.4, -0.2) is 16.0 Å². The van der Waals surface area contributed by atoms with Crippen LogP contribution in [0.2, 0.25) is 0 Å². The van der Waals surface area contributed by atoms with Gasteiger partial charge in [-0.2, -0.15) is 18.3 Å². The molecule has 3 aromatic carbocycles. The first-order chi connectivity index (χ1) is 14.9. The molecule has 0 bridgehead atoms. The Hall–Kier alpha value is -3.87. The topological polar surface area (TPSA) is 57.8 Å².